The first-order valence-electron chi connectivity index (χ1n) is 15.2. The molecule has 1 heterocycles. The van der Waals surface area contributed by atoms with Crippen LogP contribution in [-0.2, 0) is 6.54 Å². The average Bonchev–Trinajstić information content (AvgIpc) is 2.92. The van der Waals surface area contributed by atoms with E-state index in [0.717, 1.165) is 57.8 Å². The molecule has 0 saturated carbocycles. The number of aromatic nitrogens is 1. The number of allylic oxidation sites excluding steroid dienone is 3. The fourth-order valence-corrected chi connectivity index (χ4v) is 4.70. The summed E-state index contributed by atoms with van der Waals surface area (Å²) in [4.78, 5) is 25.0. The van der Waals surface area contributed by atoms with E-state index in [0.29, 0.717) is 36.4 Å². The standard InChI is InChI=1S/C33H50N2O5/c1-6-8-10-12-13-14-22-34-30-25-28(35(37)38)19-20-29(30)31(32(33(34)36)39-23-15-11-9-7-2)40-24-21-27(5)18-16-17-26(3)4/h17,19-21,25H,6-16,18,22-24H2,1-5H3/b27-21+. The van der Waals surface area contributed by atoms with E-state index in [1.807, 2.05) is 6.08 Å². The van der Waals surface area contributed by atoms with Gasteiger partial charge in [-0.15, -0.1) is 0 Å². The van der Waals surface area contributed by atoms with Gasteiger partial charge in [-0.25, -0.2) is 0 Å². The van der Waals surface area contributed by atoms with Crippen molar-refractivity contribution in [3.8, 4) is 11.5 Å². The monoisotopic (exact) mass is 554 g/mol. The van der Waals surface area contributed by atoms with Gasteiger partial charge in [0.15, 0.2) is 5.75 Å². The summed E-state index contributed by atoms with van der Waals surface area (Å²) in [5.41, 5.74) is 2.70. The molecule has 40 heavy (non-hydrogen) atoms. The Balaban J connectivity index is 2.44. The zero-order chi connectivity index (χ0) is 29.3. The second kappa shape index (κ2) is 18.3. The lowest BCUT2D eigenvalue weighted by Crippen LogP contribution is -2.24. The lowest BCUT2D eigenvalue weighted by atomic mass is 10.1. The first-order chi connectivity index (χ1) is 19.3. The maximum Gasteiger partial charge on any atom is 0.297 e. The average molecular weight is 555 g/mol. The van der Waals surface area contributed by atoms with E-state index in [2.05, 4.69) is 40.7 Å². The summed E-state index contributed by atoms with van der Waals surface area (Å²) in [5, 5.41) is 12.3. The molecule has 0 saturated heterocycles. The lowest BCUT2D eigenvalue weighted by Gasteiger charge is -2.18. The number of nitro benzene ring substituents is 1. The van der Waals surface area contributed by atoms with Crippen LogP contribution in [0.15, 0.2) is 46.3 Å². The molecule has 7 nitrogen and oxygen atoms in total. The molecular weight excluding hydrogens is 504 g/mol. The maximum atomic E-state index is 13.8. The van der Waals surface area contributed by atoms with Crippen LogP contribution in [0.5, 0.6) is 11.5 Å². The minimum absolute atomic E-state index is 0.0437. The Labute approximate surface area is 240 Å². The minimum Gasteiger partial charge on any atom is -0.485 e. The van der Waals surface area contributed by atoms with Crippen molar-refractivity contribution < 1.29 is 14.4 Å². The molecule has 1 aromatic heterocycles. The van der Waals surface area contributed by atoms with E-state index in [1.54, 1.807) is 10.6 Å². The summed E-state index contributed by atoms with van der Waals surface area (Å²) in [6, 6.07) is 4.65. The van der Waals surface area contributed by atoms with Crippen molar-refractivity contribution in [1.82, 2.24) is 4.57 Å². The number of pyridine rings is 1. The molecule has 0 unspecified atom stereocenters. The summed E-state index contributed by atoms with van der Waals surface area (Å²) in [7, 11) is 0. The number of unbranched alkanes of at least 4 members (excludes halogenated alkanes) is 8. The van der Waals surface area contributed by atoms with E-state index in [-0.39, 0.29) is 17.0 Å². The van der Waals surface area contributed by atoms with E-state index in [9.17, 15) is 14.9 Å². The Bertz CT molecular complexity index is 1190. The first-order valence-corrected chi connectivity index (χ1v) is 15.2. The third-order valence-corrected chi connectivity index (χ3v) is 7.10. The quantitative estimate of drug-likeness (QED) is 0.0705. The van der Waals surface area contributed by atoms with Crippen molar-refractivity contribution >= 4 is 16.6 Å². The van der Waals surface area contributed by atoms with E-state index >= 15 is 0 Å². The SMILES string of the molecule is CCCCCCCCn1c(=O)c(OCCCCCC)c(OC/C=C(\C)CCC=C(C)C)c2ccc([N+](=O)[O-])cc21. The van der Waals surface area contributed by atoms with Crippen molar-refractivity contribution in [2.45, 2.75) is 118 Å². The topological polar surface area (TPSA) is 83.6 Å². The van der Waals surface area contributed by atoms with E-state index < -0.39 is 4.92 Å². The van der Waals surface area contributed by atoms with Crippen LogP contribution in [-0.4, -0.2) is 22.7 Å². The van der Waals surface area contributed by atoms with Crippen LogP contribution >= 0.6 is 0 Å². The number of hydrogen-bond acceptors (Lipinski definition) is 5. The fourth-order valence-electron chi connectivity index (χ4n) is 4.70. The van der Waals surface area contributed by atoms with Crippen LogP contribution in [0.1, 0.15) is 112 Å². The summed E-state index contributed by atoms with van der Waals surface area (Å²) in [6.45, 7) is 11.8. The highest BCUT2D eigenvalue weighted by Gasteiger charge is 2.22. The van der Waals surface area contributed by atoms with E-state index in [1.165, 1.54) is 42.5 Å². The number of hydrogen-bond donors (Lipinski definition) is 0. The van der Waals surface area contributed by atoms with Gasteiger partial charge < -0.3 is 14.0 Å². The number of fused-ring (bicyclic) bond motifs is 1. The molecule has 7 heteroatoms. The molecule has 0 N–H and O–H groups in total. The summed E-state index contributed by atoms with van der Waals surface area (Å²) in [5.74, 6) is 0.581. The Morgan fingerprint density at radius 2 is 1.57 bits per heavy atom. The fraction of sp³-hybridized carbons (Fsp3) is 0.606. The summed E-state index contributed by atoms with van der Waals surface area (Å²) in [6.07, 6.45) is 16.8. The number of nitrogens with zero attached hydrogens (tertiary/aromatic N) is 2. The molecule has 1 aromatic carbocycles. The highest BCUT2D eigenvalue weighted by Crippen LogP contribution is 2.35. The highest BCUT2D eigenvalue weighted by molar-refractivity contribution is 5.89. The molecule has 0 atom stereocenters. The Kier molecular flexibility index (Phi) is 15.1. The predicted molar refractivity (Wildman–Crippen MR) is 166 cm³/mol. The molecule has 0 aliphatic heterocycles. The second-order valence-corrected chi connectivity index (χ2v) is 10.9. The van der Waals surface area contributed by atoms with Gasteiger partial charge in [0.2, 0.25) is 5.75 Å². The van der Waals surface area contributed by atoms with Gasteiger partial charge in [0.05, 0.1) is 17.0 Å². The van der Waals surface area contributed by atoms with Crippen LogP contribution in [0.25, 0.3) is 10.9 Å². The second-order valence-electron chi connectivity index (χ2n) is 10.9. The van der Waals surface area contributed by atoms with E-state index in [4.69, 9.17) is 9.47 Å². The molecule has 2 aromatic rings. The normalized spacial score (nSPS) is 11.6. The third kappa shape index (κ3) is 10.8. The predicted octanol–water partition coefficient (Wildman–Crippen LogP) is 9.30. The van der Waals surface area contributed by atoms with Gasteiger partial charge in [0, 0.05) is 24.1 Å². The summed E-state index contributed by atoms with van der Waals surface area (Å²) >= 11 is 0. The highest BCUT2D eigenvalue weighted by atomic mass is 16.6. The molecule has 0 bridgehead atoms. The van der Waals surface area contributed by atoms with Crippen LogP contribution in [0.4, 0.5) is 5.69 Å². The van der Waals surface area contributed by atoms with Crippen molar-refractivity contribution in [3.63, 3.8) is 0 Å². The smallest absolute Gasteiger partial charge is 0.297 e. The number of non-ortho nitro benzene ring substituents is 1. The number of rotatable bonds is 20. The molecule has 0 fully saturated rings. The van der Waals surface area contributed by atoms with Gasteiger partial charge in [-0.2, -0.15) is 0 Å². The molecule has 0 aliphatic rings. The Hall–Kier alpha value is -3.09. The minimum atomic E-state index is -0.420. The van der Waals surface area contributed by atoms with Gasteiger partial charge in [-0.05, 0) is 58.6 Å². The van der Waals surface area contributed by atoms with Crippen LogP contribution in [0.2, 0.25) is 0 Å². The number of nitro groups is 1. The number of benzene rings is 1. The Morgan fingerprint density at radius 3 is 2.25 bits per heavy atom. The summed E-state index contributed by atoms with van der Waals surface area (Å²) < 4.78 is 14.0. The molecule has 0 spiro atoms. The van der Waals surface area contributed by atoms with Crippen molar-refractivity contribution in [3.05, 3.63) is 62.0 Å². The van der Waals surface area contributed by atoms with Crippen LogP contribution in [0.3, 0.4) is 0 Å². The molecular formula is C33H50N2O5. The molecule has 0 aliphatic carbocycles. The van der Waals surface area contributed by atoms with Crippen molar-refractivity contribution in [2.24, 2.45) is 0 Å². The zero-order valence-corrected chi connectivity index (χ0v) is 25.4. The number of aryl methyl sites for hydroxylation is 1. The molecule has 0 radical (unpaired) electrons. The van der Waals surface area contributed by atoms with Crippen LogP contribution < -0.4 is 15.0 Å². The van der Waals surface area contributed by atoms with Crippen molar-refractivity contribution in [1.29, 1.82) is 0 Å². The Morgan fingerprint density at radius 1 is 0.900 bits per heavy atom. The van der Waals surface area contributed by atoms with Gasteiger partial charge >= 0.3 is 0 Å². The maximum absolute atomic E-state index is 13.8. The lowest BCUT2D eigenvalue weighted by molar-refractivity contribution is -0.384. The first kappa shape index (κ1) is 33.1. The molecule has 2 rings (SSSR count). The zero-order valence-electron chi connectivity index (χ0n) is 25.4. The van der Waals surface area contributed by atoms with Crippen molar-refractivity contribution in [2.75, 3.05) is 13.2 Å². The largest absolute Gasteiger partial charge is 0.485 e. The van der Waals surface area contributed by atoms with Crippen LogP contribution in [0, 0.1) is 10.1 Å². The van der Waals surface area contributed by atoms with Gasteiger partial charge in [0.25, 0.3) is 11.2 Å². The van der Waals surface area contributed by atoms with Gasteiger partial charge in [0.1, 0.15) is 6.61 Å². The van der Waals surface area contributed by atoms with Gasteiger partial charge in [-0.1, -0.05) is 82.4 Å². The van der Waals surface area contributed by atoms with Gasteiger partial charge in [-0.3, -0.25) is 14.9 Å². The molecule has 222 valence electrons. The third-order valence-electron chi connectivity index (χ3n) is 7.10. The molecule has 0 amide bonds. The number of ether oxygens (including phenoxy) is 2.